The number of hydrogen-bond donors (Lipinski definition) is 3. The number of methoxy groups -OCH3 is 1. The Kier molecular flexibility index (Phi) is 8.90. The van der Waals surface area contributed by atoms with E-state index in [2.05, 4.69) is 22.6 Å². The van der Waals surface area contributed by atoms with E-state index >= 15 is 0 Å². The first kappa shape index (κ1) is 29.4. The lowest BCUT2D eigenvalue weighted by Crippen LogP contribution is -2.49. The zero-order chi connectivity index (χ0) is 29.1. The molecule has 0 saturated carbocycles. The van der Waals surface area contributed by atoms with Crippen LogP contribution in [0.4, 0.5) is 5.69 Å². The summed E-state index contributed by atoms with van der Waals surface area (Å²) in [5.41, 5.74) is 3.37. The number of rotatable bonds is 10. The Balaban J connectivity index is 1.35. The maximum absolute atomic E-state index is 12.5. The normalized spacial score (nSPS) is 22.6. The molecule has 10 nitrogen and oxygen atoms in total. The zero-order valence-electron chi connectivity index (χ0n) is 24.2. The summed E-state index contributed by atoms with van der Waals surface area (Å²) in [6.07, 6.45) is 2.04. The molecule has 11 heteroatoms. The Bertz CT molecular complexity index is 1330. The van der Waals surface area contributed by atoms with E-state index in [4.69, 9.17) is 9.47 Å². The Morgan fingerprint density at radius 1 is 1.22 bits per heavy atom. The number of nitrogens with one attached hydrogen (secondary N) is 1. The third kappa shape index (κ3) is 6.24. The number of hydrogen-bond acceptors (Lipinski definition) is 8. The molecule has 1 saturated heterocycles. The summed E-state index contributed by atoms with van der Waals surface area (Å²) >= 11 is 0. The standard InChI is InChI=1S/C30H41N5O5Si/c1-20-29(39-2)23-16-22(35-15-13-31-17-28(35)37)10-11-26(23)40-30(20)27(41(3,4)38)12-14-34-18-25(32-33-34)24(19-36)21-8-6-5-7-9-21/h5-11,16,18,20,24,27,29-31,36,38H,12-15,17,19H2,1-4H3/t20-,24?,27?,29-,30-/m1/s1. The molecule has 0 radical (unpaired) electrons. The van der Waals surface area contributed by atoms with E-state index in [1.54, 1.807) is 16.7 Å². The van der Waals surface area contributed by atoms with Crippen LogP contribution in [-0.2, 0) is 16.1 Å². The highest BCUT2D eigenvalue weighted by molar-refractivity contribution is 6.71. The number of fused-ring (bicyclic) bond motifs is 1. The number of nitrogens with zero attached hydrogens (tertiary/aromatic N) is 4. The minimum absolute atomic E-state index is 0.0337. The second-order valence-electron chi connectivity index (χ2n) is 11.6. The van der Waals surface area contributed by atoms with Crippen molar-refractivity contribution in [3.8, 4) is 5.75 Å². The predicted octanol–water partition coefficient (Wildman–Crippen LogP) is 3.08. The second-order valence-corrected chi connectivity index (χ2v) is 15.7. The summed E-state index contributed by atoms with van der Waals surface area (Å²) in [5, 5.41) is 21.9. The zero-order valence-corrected chi connectivity index (χ0v) is 25.2. The maximum Gasteiger partial charge on any atom is 0.240 e. The van der Waals surface area contributed by atoms with Crippen LogP contribution >= 0.6 is 0 Å². The molecule has 3 N–H and O–H groups in total. The van der Waals surface area contributed by atoms with E-state index in [1.165, 1.54) is 0 Å². The molecule has 0 spiro atoms. The number of aliphatic hydroxyl groups excluding tert-OH is 1. The lowest BCUT2D eigenvalue weighted by Gasteiger charge is -2.44. The molecule has 2 aromatic carbocycles. The Labute approximate surface area is 242 Å². The van der Waals surface area contributed by atoms with E-state index in [-0.39, 0.29) is 42.1 Å². The fraction of sp³-hybridized carbons (Fsp3) is 0.500. The largest absolute Gasteiger partial charge is 0.490 e. The van der Waals surface area contributed by atoms with Crippen LogP contribution in [0.25, 0.3) is 0 Å². The number of aromatic nitrogens is 3. The van der Waals surface area contributed by atoms with Crippen molar-refractivity contribution in [2.24, 2.45) is 5.92 Å². The molecule has 1 amide bonds. The van der Waals surface area contributed by atoms with Gasteiger partial charge >= 0.3 is 0 Å². The quantitative estimate of drug-likeness (QED) is 0.314. The highest BCUT2D eigenvalue weighted by Gasteiger charge is 2.46. The molecule has 5 atom stereocenters. The SMILES string of the molecule is CO[C@H]1c2cc(N3CCNCC3=O)ccc2O[C@@H](C(CCn2cc(C(CO)c3ccccc3)nn2)[Si](C)(C)O)[C@@H]1C. The van der Waals surface area contributed by atoms with E-state index in [0.29, 0.717) is 31.7 Å². The summed E-state index contributed by atoms with van der Waals surface area (Å²) < 4.78 is 14.5. The molecular weight excluding hydrogens is 538 g/mol. The third-order valence-electron chi connectivity index (χ3n) is 8.48. The molecular formula is C30H41N5O5Si. The summed E-state index contributed by atoms with van der Waals surface area (Å²) in [5.74, 6) is 0.498. The first-order valence-corrected chi connectivity index (χ1v) is 17.4. The van der Waals surface area contributed by atoms with Crippen LogP contribution < -0.4 is 15.0 Å². The van der Waals surface area contributed by atoms with Gasteiger partial charge in [0.2, 0.25) is 5.91 Å². The molecule has 220 valence electrons. The van der Waals surface area contributed by atoms with Gasteiger partial charge in [-0.2, -0.15) is 0 Å². The van der Waals surface area contributed by atoms with E-state index in [1.807, 2.05) is 67.8 Å². The molecule has 2 aliphatic heterocycles. The Hall–Kier alpha value is -3.09. The molecule has 2 unspecified atom stereocenters. The molecule has 1 aromatic heterocycles. The maximum atomic E-state index is 12.5. The van der Waals surface area contributed by atoms with Gasteiger partial charge in [0, 0.05) is 55.7 Å². The average Bonchev–Trinajstić information content (AvgIpc) is 3.42. The van der Waals surface area contributed by atoms with Crippen LogP contribution in [0.1, 0.15) is 42.2 Å². The lowest BCUT2D eigenvalue weighted by atomic mass is 9.86. The van der Waals surface area contributed by atoms with E-state index < -0.39 is 8.32 Å². The number of carbonyl (C=O) groups is 1. The van der Waals surface area contributed by atoms with Crippen LogP contribution in [0, 0.1) is 5.92 Å². The van der Waals surface area contributed by atoms with Gasteiger partial charge in [-0.3, -0.25) is 9.48 Å². The summed E-state index contributed by atoms with van der Waals surface area (Å²) in [6, 6.07) is 15.7. The Morgan fingerprint density at radius 3 is 2.68 bits per heavy atom. The second kappa shape index (κ2) is 12.4. The number of carbonyl (C=O) groups excluding carboxylic acids is 1. The summed E-state index contributed by atoms with van der Waals surface area (Å²) in [6.45, 7) is 8.22. The summed E-state index contributed by atoms with van der Waals surface area (Å²) in [7, 11) is -0.994. The topological polar surface area (TPSA) is 122 Å². The monoisotopic (exact) mass is 579 g/mol. The van der Waals surface area contributed by atoms with Gasteiger partial charge in [0.05, 0.1) is 30.9 Å². The fourth-order valence-electron chi connectivity index (χ4n) is 6.24. The molecule has 0 aliphatic carbocycles. The van der Waals surface area contributed by atoms with E-state index in [0.717, 1.165) is 29.1 Å². The van der Waals surface area contributed by atoms with Crippen LogP contribution in [0.2, 0.25) is 18.6 Å². The van der Waals surface area contributed by atoms with Crippen molar-refractivity contribution < 1.29 is 24.2 Å². The van der Waals surface area contributed by atoms with Crippen molar-refractivity contribution in [1.82, 2.24) is 20.3 Å². The number of benzene rings is 2. The lowest BCUT2D eigenvalue weighted by molar-refractivity contribution is -0.118. The van der Waals surface area contributed by atoms with Gasteiger partial charge in [0.1, 0.15) is 11.9 Å². The number of piperazine rings is 1. The Morgan fingerprint density at radius 2 is 2.00 bits per heavy atom. The van der Waals surface area contributed by atoms with Crippen molar-refractivity contribution in [3.05, 3.63) is 71.5 Å². The fourth-order valence-corrected chi connectivity index (χ4v) is 8.25. The highest BCUT2D eigenvalue weighted by Crippen LogP contribution is 2.47. The van der Waals surface area contributed by atoms with Crippen LogP contribution in [0.15, 0.2) is 54.7 Å². The number of ether oxygens (including phenoxy) is 2. The van der Waals surface area contributed by atoms with Gasteiger partial charge in [-0.15, -0.1) is 5.10 Å². The molecule has 0 bridgehead atoms. The molecule has 2 aliphatic rings. The number of aryl methyl sites for hydroxylation is 1. The molecule has 1 fully saturated rings. The summed E-state index contributed by atoms with van der Waals surface area (Å²) in [4.78, 5) is 25.8. The van der Waals surface area contributed by atoms with Gasteiger partial charge in [-0.25, -0.2) is 0 Å². The first-order chi connectivity index (χ1) is 19.7. The minimum Gasteiger partial charge on any atom is -0.490 e. The van der Waals surface area contributed by atoms with Crippen molar-refractivity contribution in [2.75, 3.05) is 38.3 Å². The van der Waals surface area contributed by atoms with Crippen molar-refractivity contribution in [3.63, 3.8) is 0 Å². The minimum atomic E-state index is -2.70. The number of amides is 1. The van der Waals surface area contributed by atoms with Crippen LogP contribution in [0.5, 0.6) is 5.75 Å². The van der Waals surface area contributed by atoms with Gasteiger partial charge in [-0.05, 0) is 43.3 Å². The molecule has 5 rings (SSSR count). The predicted molar refractivity (Wildman–Crippen MR) is 158 cm³/mol. The van der Waals surface area contributed by atoms with Crippen LogP contribution in [-0.4, -0.2) is 78.6 Å². The van der Waals surface area contributed by atoms with Gasteiger partial charge in [-0.1, -0.05) is 42.5 Å². The third-order valence-corrected chi connectivity index (χ3v) is 10.9. The van der Waals surface area contributed by atoms with E-state index in [9.17, 15) is 14.7 Å². The van der Waals surface area contributed by atoms with Gasteiger partial charge in [0.15, 0.2) is 8.32 Å². The average molecular weight is 580 g/mol. The van der Waals surface area contributed by atoms with Gasteiger partial charge < -0.3 is 29.6 Å². The van der Waals surface area contributed by atoms with Crippen LogP contribution in [0.3, 0.4) is 0 Å². The van der Waals surface area contributed by atoms with Gasteiger partial charge in [0.25, 0.3) is 0 Å². The van der Waals surface area contributed by atoms with Crippen molar-refractivity contribution in [2.45, 2.75) is 56.7 Å². The molecule has 41 heavy (non-hydrogen) atoms. The number of anilines is 1. The van der Waals surface area contributed by atoms with Crippen molar-refractivity contribution in [1.29, 1.82) is 0 Å². The first-order valence-electron chi connectivity index (χ1n) is 14.3. The number of aliphatic hydroxyl groups is 1. The molecule has 3 aromatic rings. The smallest absolute Gasteiger partial charge is 0.240 e. The highest BCUT2D eigenvalue weighted by atomic mass is 28.4. The molecule has 3 heterocycles. The van der Waals surface area contributed by atoms with Crippen molar-refractivity contribution >= 4 is 19.9 Å².